The fourth-order valence-electron chi connectivity index (χ4n) is 1.84. The first kappa shape index (κ1) is 12.6. The topological polar surface area (TPSA) is 48.1 Å². The maximum atomic E-state index is 5.77. The SMILES string of the molecule is CC(C)Oc1ccc(CN)c(-c2ccccn2)c1. The Bertz CT molecular complexity index is 509. The number of benzene rings is 1. The van der Waals surface area contributed by atoms with Gasteiger partial charge in [-0.3, -0.25) is 4.98 Å². The molecule has 0 saturated carbocycles. The molecule has 1 aromatic heterocycles. The van der Waals surface area contributed by atoms with Gasteiger partial charge < -0.3 is 10.5 Å². The van der Waals surface area contributed by atoms with Crippen molar-refractivity contribution in [3.63, 3.8) is 0 Å². The molecule has 1 heterocycles. The highest BCUT2D eigenvalue weighted by Crippen LogP contribution is 2.26. The van der Waals surface area contributed by atoms with E-state index in [1.165, 1.54) is 0 Å². The highest BCUT2D eigenvalue weighted by atomic mass is 16.5. The van der Waals surface area contributed by atoms with E-state index >= 15 is 0 Å². The summed E-state index contributed by atoms with van der Waals surface area (Å²) in [5, 5.41) is 0. The molecule has 0 radical (unpaired) electrons. The molecule has 2 N–H and O–H groups in total. The lowest BCUT2D eigenvalue weighted by Gasteiger charge is -2.13. The van der Waals surface area contributed by atoms with Crippen molar-refractivity contribution in [2.24, 2.45) is 5.73 Å². The molecule has 2 aromatic rings. The number of nitrogens with two attached hydrogens (primary N) is 1. The van der Waals surface area contributed by atoms with Gasteiger partial charge >= 0.3 is 0 Å². The summed E-state index contributed by atoms with van der Waals surface area (Å²) in [5.41, 5.74) is 8.81. The van der Waals surface area contributed by atoms with Gasteiger partial charge in [-0.2, -0.15) is 0 Å². The standard InChI is InChI=1S/C15H18N2O/c1-11(2)18-13-7-6-12(10-16)14(9-13)15-5-3-4-8-17-15/h3-9,11H,10,16H2,1-2H3. The van der Waals surface area contributed by atoms with E-state index in [1.807, 2.05) is 50.2 Å². The zero-order valence-corrected chi connectivity index (χ0v) is 10.8. The van der Waals surface area contributed by atoms with Crippen LogP contribution in [-0.2, 0) is 6.54 Å². The largest absolute Gasteiger partial charge is 0.491 e. The fourth-order valence-corrected chi connectivity index (χ4v) is 1.84. The minimum atomic E-state index is 0.158. The van der Waals surface area contributed by atoms with E-state index in [0.29, 0.717) is 6.54 Å². The summed E-state index contributed by atoms with van der Waals surface area (Å²) in [7, 11) is 0. The zero-order valence-electron chi connectivity index (χ0n) is 10.8. The molecule has 18 heavy (non-hydrogen) atoms. The molecule has 2 rings (SSSR count). The summed E-state index contributed by atoms with van der Waals surface area (Å²) >= 11 is 0. The quantitative estimate of drug-likeness (QED) is 0.896. The summed E-state index contributed by atoms with van der Waals surface area (Å²) in [6, 6.07) is 11.8. The van der Waals surface area contributed by atoms with Crippen LogP contribution in [0.1, 0.15) is 19.4 Å². The van der Waals surface area contributed by atoms with Crippen LogP contribution in [0.15, 0.2) is 42.6 Å². The zero-order chi connectivity index (χ0) is 13.0. The number of aromatic nitrogens is 1. The van der Waals surface area contributed by atoms with Crippen LogP contribution in [0.5, 0.6) is 5.75 Å². The molecule has 0 fully saturated rings. The van der Waals surface area contributed by atoms with Gasteiger partial charge in [0, 0.05) is 18.3 Å². The molecular weight excluding hydrogens is 224 g/mol. The number of pyridine rings is 1. The first-order chi connectivity index (χ1) is 8.70. The molecule has 0 amide bonds. The molecule has 0 aliphatic heterocycles. The molecule has 3 nitrogen and oxygen atoms in total. The van der Waals surface area contributed by atoms with Crippen molar-refractivity contribution in [1.29, 1.82) is 0 Å². The number of hydrogen-bond acceptors (Lipinski definition) is 3. The smallest absolute Gasteiger partial charge is 0.120 e. The first-order valence-corrected chi connectivity index (χ1v) is 6.11. The maximum absolute atomic E-state index is 5.77. The Morgan fingerprint density at radius 2 is 2.06 bits per heavy atom. The maximum Gasteiger partial charge on any atom is 0.120 e. The summed E-state index contributed by atoms with van der Waals surface area (Å²) in [5.74, 6) is 0.850. The molecule has 0 atom stereocenters. The molecule has 1 aromatic carbocycles. The summed E-state index contributed by atoms with van der Waals surface area (Å²) in [6.07, 6.45) is 1.94. The molecule has 0 aliphatic carbocycles. The third-order valence-corrected chi connectivity index (χ3v) is 2.61. The van der Waals surface area contributed by atoms with Gasteiger partial charge in [-0.15, -0.1) is 0 Å². The molecule has 3 heteroatoms. The lowest BCUT2D eigenvalue weighted by Crippen LogP contribution is -2.06. The third-order valence-electron chi connectivity index (χ3n) is 2.61. The molecule has 0 spiro atoms. The van der Waals surface area contributed by atoms with Gasteiger partial charge in [-0.1, -0.05) is 12.1 Å². The van der Waals surface area contributed by atoms with Crippen LogP contribution in [0.25, 0.3) is 11.3 Å². The van der Waals surface area contributed by atoms with Gasteiger partial charge in [-0.25, -0.2) is 0 Å². The Morgan fingerprint density at radius 1 is 1.22 bits per heavy atom. The van der Waals surface area contributed by atoms with Crippen LogP contribution in [0.2, 0.25) is 0 Å². The predicted molar refractivity (Wildman–Crippen MR) is 73.3 cm³/mol. The Morgan fingerprint density at radius 3 is 2.67 bits per heavy atom. The van der Waals surface area contributed by atoms with Crippen molar-refractivity contribution in [3.8, 4) is 17.0 Å². The lowest BCUT2D eigenvalue weighted by atomic mass is 10.0. The van der Waals surface area contributed by atoms with E-state index < -0.39 is 0 Å². The van der Waals surface area contributed by atoms with Crippen molar-refractivity contribution in [1.82, 2.24) is 4.98 Å². The van der Waals surface area contributed by atoms with Crippen LogP contribution in [0, 0.1) is 0 Å². The molecule has 94 valence electrons. The normalized spacial score (nSPS) is 10.7. The van der Waals surface area contributed by atoms with Crippen LogP contribution in [0.4, 0.5) is 0 Å². The van der Waals surface area contributed by atoms with Crippen molar-refractivity contribution in [2.45, 2.75) is 26.5 Å². The molecule has 0 aliphatic rings. The van der Waals surface area contributed by atoms with Crippen molar-refractivity contribution in [3.05, 3.63) is 48.2 Å². The van der Waals surface area contributed by atoms with E-state index in [-0.39, 0.29) is 6.10 Å². The second-order valence-electron chi connectivity index (χ2n) is 4.40. The Kier molecular flexibility index (Phi) is 3.95. The van der Waals surface area contributed by atoms with E-state index in [2.05, 4.69) is 4.98 Å². The van der Waals surface area contributed by atoms with Gasteiger partial charge in [0.1, 0.15) is 5.75 Å². The van der Waals surface area contributed by atoms with Gasteiger partial charge in [0.25, 0.3) is 0 Å². The lowest BCUT2D eigenvalue weighted by molar-refractivity contribution is 0.242. The average Bonchev–Trinajstić information content (AvgIpc) is 2.39. The summed E-state index contributed by atoms with van der Waals surface area (Å²) in [6.45, 7) is 4.52. The summed E-state index contributed by atoms with van der Waals surface area (Å²) < 4.78 is 5.71. The van der Waals surface area contributed by atoms with Gasteiger partial charge in [0.05, 0.1) is 11.8 Å². The van der Waals surface area contributed by atoms with Crippen molar-refractivity contribution < 1.29 is 4.74 Å². The third kappa shape index (κ3) is 2.87. The van der Waals surface area contributed by atoms with E-state index in [4.69, 9.17) is 10.5 Å². The summed E-state index contributed by atoms with van der Waals surface area (Å²) in [4.78, 5) is 4.37. The van der Waals surface area contributed by atoms with Crippen molar-refractivity contribution >= 4 is 0 Å². The molecule has 0 saturated heterocycles. The second-order valence-corrected chi connectivity index (χ2v) is 4.40. The number of rotatable bonds is 4. The van der Waals surface area contributed by atoms with Crippen LogP contribution >= 0.6 is 0 Å². The van der Waals surface area contributed by atoms with Crippen LogP contribution in [0.3, 0.4) is 0 Å². The highest BCUT2D eigenvalue weighted by Gasteiger charge is 2.07. The predicted octanol–water partition coefficient (Wildman–Crippen LogP) is 2.99. The van der Waals surface area contributed by atoms with Crippen molar-refractivity contribution in [2.75, 3.05) is 0 Å². The molecular formula is C15H18N2O. The van der Waals surface area contributed by atoms with E-state index in [0.717, 1.165) is 22.6 Å². The average molecular weight is 242 g/mol. The van der Waals surface area contributed by atoms with Gasteiger partial charge in [0.2, 0.25) is 0 Å². The minimum absolute atomic E-state index is 0.158. The van der Waals surface area contributed by atoms with Gasteiger partial charge in [0.15, 0.2) is 0 Å². The van der Waals surface area contributed by atoms with Crippen LogP contribution in [-0.4, -0.2) is 11.1 Å². The Hall–Kier alpha value is -1.87. The minimum Gasteiger partial charge on any atom is -0.491 e. The Labute approximate surface area is 108 Å². The molecule has 0 bridgehead atoms. The highest BCUT2D eigenvalue weighted by molar-refractivity contribution is 5.65. The second kappa shape index (κ2) is 5.65. The first-order valence-electron chi connectivity index (χ1n) is 6.11. The monoisotopic (exact) mass is 242 g/mol. The van der Waals surface area contributed by atoms with Crippen LogP contribution < -0.4 is 10.5 Å². The van der Waals surface area contributed by atoms with E-state index in [9.17, 15) is 0 Å². The Balaban J connectivity index is 2.43. The number of ether oxygens (including phenoxy) is 1. The van der Waals surface area contributed by atoms with E-state index in [1.54, 1.807) is 6.20 Å². The molecule has 0 unspecified atom stereocenters. The number of nitrogens with zero attached hydrogens (tertiary/aromatic N) is 1. The van der Waals surface area contributed by atoms with Gasteiger partial charge in [-0.05, 0) is 43.7 Å². The number of hydrogen-bond donors (Lipinski definition) is 1. The fraction of sp³-hybridized carbons (Fsp3) is 0.267.